The van der Waals surface area contributed by atoms with E-state index in [2.05, 4.69) is 27.0 Å². The molecule has 3 aromatic heterocycles. The number of aromatic nitrogens is 5. The number of fused-ring (bicyclic) bond motifs is 3. The minimum atomic E-state index is -0.480. The summed E-state index contributed by atoms with van der Waals surface area (Å²) in [6, 6.07) is 17.8. The molecule has 5 aromatic rings. The van der Waals surface area contributed by atoms with Gasteiger partial charge >= 0.3 is 11.9 Å². The van der Waals surface area contributed by atoms with Crippen molar-refractivity contribution in [1.29, 1.82) is 0 Å². The first kappa shape index (κ1) is 26.6. The highest BCUT2D eigenvalue weighted by Crippen LogP contribution is 2.43. The van der Waals surface area contributed by atoms with Crippen molar-refractivity contribution >= 4 is 33.9 Å². The molecule has 0 N–H and O–H groups in total. The maximum absolute atomic E-state index is 12.6. The van der Waals surface area contributed by atoms with Crippen molar-refractivity contribution in [3.8, 4) is 17.1 Å². The van der Waals surface area contributed by atoms with Gasteiger partial charge in [0.1, 0.15) is 5.52 Å². The number of benzene rings is 2. The Hall–Kier alpha value is -4.57. The molecule has 10 nitrogen and oxygen atoms in total. The van der Waals surface area contributed by atoms with Crippen molar-refractivity contribution < 1.29 is 23.8 Å². The lowest BCUT2D eigenvalue weighted by Gasteiger charge is -2.33. The molecule has 0 amide bonds. The lowest BCUT2D eigenvalue weighted by molar-refractivity contribution is -0.132. The number of nitrogens with zero attached hydrogens (tertiary/aromatic N) is 5. The average Bonchev–Trinajstić information content (AvgIpc) is 3.48. The fraction of sp³-hybridized carbons (Fsp3) is 0.323. The van der Waals surface area contributed by atoms with Gasteiger partial charge in [0.25, 0.3) is 0 Å². The second kappa shape index (κ2) is 10.8. The molecule has 1 atom stereocenters. The van der Waals surface area contributed by atoms with Crippen LogP contribution in [0.1, 0.15) is 47.4 Å². The van der Waals surface area contributed by atoms with Crippen LogP contribution >= 0.6 is 0 Å². The number of methoxy groups -OCH3 is 1. The number of hydrogen-bond acceptors (Lipinski definition) is 8. The maximum Gasteiger partial charge on any atom is 0.337 e. The van der Waals surface area contributed by atoms with Crippen LogP contribution in [0, 0.1) is 12.8 Å². The molecule has 2 aromatic carbocycles. The molecule has 1 unspecified atom stereocenters. The second-order valence-electron chi connectivity index (χ2n) is 10.3. The molecule has 6 rings (SSSR count). The zero-order chi connectivity index (χ0) is 28.7. The molecular weight excluding hydrogens is 522 g/mol. The first-order chi connectivity index (χ1) is 19.9. The second-order valence-corrected chi connectivity index (χ2v) is 10.3. The highest BCUT2D eigenvalue weighted by Gasteiger charge is 2.31. The molecule has 1 aliphatic heterocycles. The van der Waals surface area contributed by atoms with Crippen molar-refractivity contribution in [1.82, 2.24) is 24.5 Å². The number of rotatable bonds is 6. The summed E-state index contributed by atoms with van der Waals surface area (Å²) in [7, 11) is 3.17. The van der Waals surface area contributed by atoms with E-state index in [1.807, 2.05) is 43.3 Å². The highest BCUT2D eigenvalue weighted by molar-refractivity contribution is 6.09. The fourth-order valence-electron chi connectivity index (χ4n) is 6.00. The number of hydrogen-bond donors (Lipinski definition) is 0. The SMILES string of the molecule is COC(=O)c1ccc2c3nc(OC(C)=O)c(-c4c(C)nnn4C)cc3n(C(c3ccccc3)C3CCOCC3)c2c1. The maximum atomic E-state index is 12.6. The molecule has 0 aliphatic carbocycles. The van der Waals surface area contributed by atoms with E-state index in [1.54, 1.807) is 17.8 Å². The predicted octanol–water partition coefficient (Wildman–Crippen LogP) is 5.02. The van der Waals surface area contributed by atoms with Gasteiger partial charge < -0.3 is 18.8 Å². The van der Waals surface area contributed by atoms with Gasteiger partial charge in [-0.3, -0.25) is 4.79 Å². The van der Waals surface area contributed by atoms with Gasteiger partial charge in [-0.05, 0) is 55.5 Å². The topological polar surface area (TPSA) is 110 Å². The lowest BCUT2D eigenvalue weighted by Crippen LogP contribution is -2.27. The van der Waals surface area contributed by atoms with E-state index in [1.165, 1.54) is 14.0 Å². The van der Waals surface area contributed by atoms with Gasteiger partial charge in [0, 0.05) is 32.6 Å². The third-order valence-corrected chi connectivity index (χ3v) is 7.78. The molecular formula is C31H31N5O5. The van der Waals surface area contributed by atoms with Crippen LogP contribution in [0.25, 0.3) is 33.2 Å². The van der Waals surface area contributed by atoms with Crippen LogP contribution in [-0.4, -0.2) is 56.8 Å². The summed E-state index contributed by atoms with van der Waals surface area (Å²) in [6.45, 7) is 4.57. The Balaban J connectivity index is 1.73. The van der Waals surface area contributed by atoms with Crippen LogP contribution in [0.3, 0.4) is 0 Å². The number of carbonyl (C=O) groups is 2. The van der Waals surface area contributed by atoms with Gasteiger partial charge in [0.2, 0.25) is 5.88 Å². The van der Waals surface area contributed by atoms with Gasteiger partial charge in [-0.2, -0.15) is 0 Å². The number of aryl methyl sites for hydroxylation is 2. The van der Waals surface area contributed by atoms with Crippen molar-refractivity contribution in [3.05, 3.63) is 71.4 Å². The van der Waals surface area contributed by atoms with Crippen molar-refractivity contribution in [2.45, 2.75) is 32.7 Å². The molecule has 0 radical (unpaired) electrons. The summed E-state index contributed by atoms with van der Waals surface area (Å²) < 4.78 is 20.4. The van der Waals surface area contributed by atoms with Crippen LogP contribution in [0.15, 0.2) is 54.6 Å². The zero-order valence-corrected chi connectivity index (χ0v) is 23.5. The van der Waals surface area contributed by atoms with E-state index in [4.69, 9.17) is 19.2 Å². The van der Waals surface area contributed by atoms with Crippen LogP contribution in [-0.2, 0) is 21.3 Å². The Kier molecular flexibility index (Phi) is 7.00. The zero-order valence-electron chi connectivity index (χ0n) is 23.5. The minimum Gasteiger partial charge on any atom is -0.465 e. The summed E-state index contributed by atoms with van der Waals surface area (Å²) in [6.07, 6.45) is 1.77. The Labute approximate surface area is 236 Å². The largest absolute Gasteiger partial charge is 0.465 e. The Morgan fingerprint density at radius 3 is 2.46 bits per heavy atom. The molecule has 4 heterocycles. The number of esters is 2. The first-order valence-corrected chi connectivity index (χ1v) is 13.6. The molecule has 0 bridgehead atoms. The van der Waals surface area contributed by atoms with E-state index in [-0.39, 0.29) is 17.8 Å². The van der Waals surface area contributed by atoms with Gasteiger partial charge in [0.15, 0.2) is 0 Å². The summed E-state index contributed by atoms with van der Waals surface area (Å²) >= 11 is 0. The van der Waals surface area contributed by atoms with Crippen LogP contribution in [0.2, 0.25) is 0 Å². The van der Waals surface area contributed by atoms with Crippen LogP contribution in [0.4, 0.5) is 0 Å². The van der Waals surface area contributed by atoms with Gasteiger partial charge in [-0.15, -0.1) is 5.10 Å². The average molecular weight is 554 g/mol. The smallest absolute Gasteiger partial charge is 0.337 e. The summed E-state index contributed by atoms with van der Waals surface area (Å²) in [5.41, 5.74) is 5.91. The van der Waals surface area contributed by atoms with Gasteiger partial charge in [-0.25, -0.2) is 14.5 Å². The quantitative estimate of drug-likeness (QED) is 0.270. The summed E-state index contributed by atoms with van der Waals surface area (Å²) in [4.78, 5) is 29.8. The summed E-state index contributed by atoms with van der Waals surface area (Å²) in [5, 5.41) is 9.24. The Morgan fingerprint density at radius 1 is 1.05 bits per heavy atom. The fourth-order valence-corrected chi connectivity index (χ4v) is 6.00. The normalized spacial score (nSPS) is 14.8. The van der Waals surface area contributed by atoms with Crippen molar-refractivity contribution in [2.24, 2.45) is 13.0 Å². The molecule has 1 fully saturated rings. The molecule has 10 heteroatoms. The lowest BCUT2D eigenvalue weighted by atomic mass is 9.86. The third-order valence-electron chi connectivity index (χ3n) is 7.78. The van der Waals surface area contributed by atoms with Crippen LogP contribution < -0.4 is 4.74 Å². The summed E-state index contributed by atoms with van der Waals surface area (Å²) in [5.74, 6) is -0.454. The van der Waals surface area contributed by atoms with E-state index in [0.29, 0.717) is 41.2 Å². The van der Waals surface area contributed by atoms with Crippen molar-refractivity contribution in [3.63, 3.8) is 0 Å². The molecule has 41 heavy (non-hydrogen) atoms. The van der Waals surface area contributed by atoms with Gasteiger partial charge in [-0.1, -0.05) is 35.5 Å². The van der Waals surface area contributed by atoms with E-state index in [9.17, 15) is 9.59 Å². The number of carbonyl (C=O) groups excluding carboxylic acids is 2. The highest BCUT2D eigenvalue weighted by atomic mass is 16.5. The monoisotopic (exact) mass is 553 g/mol. The molecule has 0 saturated carbocycles. The Morgan fingerprint density at radius 2 is 1.80 bits per heavy atom. The van der Waals surface area contributed by atoms with Crippen molar-refractivity contribution in [2.75, 3.05) is 20.3 Å². The van der Waals surface area contributed by atoms with Gasteiger partial charge in [0.05, 0.1) is 46.7 Å². The minimum absolute atomic E-state index is 0.0759. The molecule has 1 saturated heterocycles. The van der Waals surface area contributed by atoms with E-state index < -0.39 is 11.9 Å². The van der Waals surface area contributed by atoms with Crippen LogP contribution in [0.5, 0.6) is 5.88 Å². The predicted molar refractivity (Wildman–Crippen MR) is 153 cm³/mol. The number of pyridine rings is 1. The molecule has 0 spiro atoms. The molecule has 1 aliphatic rings. The van der Waals surface area contributed by atoms with E-state index in [0.717, 1.165) is 34.8 Å². The standard InChI is InChI=1S/C31H31N5O5/c1-18-28(35(3)34-33-18)24-17-26-27(32-30(24)41-19(2)37)23-11-10-22(31(38)39-4)16-25(23)36(26)29(20-8-6-5-7-9-20)21-12-14-40-15-13-21/h5-11,16-17,21,29H,12-15H2,1-4H3. The first-order valence-electron chi connectivity index (χ1n) is 13.6. The Bertz CT molecular complexity index is 1750. The third kappa shape index (κ3) is 4.74. The molecule has 210 valence electrons. The number of ether oxygens (including phenoxy) is 3. The van der Waals surface area contributed by atoms with E-state index >= 15 is 0 Å².